The third-order valence-corrected chi connectivity index (χ3v) is 5.21. The molecule has 140 valence electrons. The van der Waals surface area contributed by atoms with Gasteiger partial charge in [-0.1, -0.05) is 24.3 Å². The molecule has 1 heterocycles. The monoisotopic (exact) mass is 392 g/mol. The molecule has 0 aliphatic heterocycles. The van der Waals surface area contributed by atoms with E-state index < -0.39 is 29.4 Å². The number of thiophene rings is 1. The van der Waals surface area contributed by atoms with E-state index in [2.05, 4.69) is 0 Å². The van der Waals surface area contributed by atoms with Gasteiger partial charge >= 0.3 is 12.1 Å². The van der Waals surface area contributed by atoms with Crippen molar-refractivity contribution in [1.82, 2.24) is 0 Å². The molecular formula is C20H15F3O3S. The number of hydrogen-bond donors (Lipinski definition) is 0. The molecule has 3 rings (SSSR count). The molecule has 27 heavy (non-hydrogen) atoms. The summed E-state index contributed by atoms with van der Waals surface area (Å²) in [4.78, 5) is 26.1. The first-order chi connectivity index (χ1) is 12.7. The number of rotatable bonds is 3. The van der Waals surface area contributed by atoms with Crippen LogP contribution >= 0.6 is 11.3 Å². The van der Waals surface area contributed by atoms with Crippen LogP contribution in [-0.4, -0.2) is 18.9 Å². The minimum atomic E-state index is -4.52. The Kier molecular flexibility index (Phi) is 5.06. The van der Waals surface area contributed by atoms with Gasteiger partial charge in [-0.25, -0.2) is 4.79 Å². The zero-order valence-electron chi connectivity index (χ0n) is 14.5. The Morgan fingerprint density at radius 3 is 2.56 bits per heavy atom. The van der Waals surface area contributed by atoms with Crippen molar-refractivity contribution < 1.29 is 27.5 Å². The fraction of sp³-hybridized carbons (Fsp3) is 0.200. The molecule has 1 atom stereocenters. The molecule has 2 aromatic rings. The quantitative estimate of drug-likeness (QED) is 0.545. The number of ketones is 1. The number of hydrogen-bond acceptors (Lipinski definition) is 4. The van der Waals surface area contributed by atoms with Crippen LogP contribution in [0.15, 0.2) is 58.5 Å². The Balaban J connectivity index is 2.14. The van der Waals surface area contributed by atoms with E-state index in [0.717, 1.165) is 17.0 Å². The number of carbonyl (C=O) groups excluding carboxylic acids is 2. The summed E-state index contributed by atoms with van der Waals surface area (Å²) in [7, 11) is 1.20. The molecule has 0 amide bonds. The summed E-state index contributed by atoms with van der Waals surface area (Å²) in [5.41, 5.74) is 0.00992. The molecule has 1 aromatic heterocycles. The van der Waals surface area contributed by atoms with Gasteiger partial charge < -0.3 is 4.74 Å². The van der Waals surface area contributed by atoms with Gasteiger partial charge in [0.2, 0.25) is 0 Å². The fourth-order valence-corrected chi connectivity index (χ4v) is 3.82. The summed E-state index contributed by atoms with van der Waals surface area (Å²) in [5.74, 6) is -2.05. The van der Waals surface area contributed by atoms with Crippen molar-refractivity contribution >= 4 is 29.2 Å². The number of halogens is 3. The van der Waals surface area contributed by atoms with Crippen molar-refractivity contribution in [3.05, 3.63) is 74.5 Å². The van der Waals surface area contributed by atoms with Gasteiger partial charge in [-0.2, -0.15) is 13.2 Å². The number of esters is 1. The second-order valence-corrected chi connectivity index (χ2v) is 7.02. The number of benzene rings is 1. The highest BCUT2D eigenvalue weighted by Crippen LogP contribution is 2.42. The molecule has 1 aliphatic rings. The lowest BCUT2D eigenvalue weighted by atomic mass is 9.90. The molecule has 0 radical (unpaired) electrons. The Bertz CT molecular complexity index is 953. The summed E-state index contributed by atoms with van der Waals surface area (Å²) in [6.45, 7) is 1.57. The standard InChI is InChI=1S/C20H15F3O3S/c1-11-16(12-5-3-6-13(9-12)20(21,22)23)18(24)15(17(11)19(25)26-2)10-14-7-4-8-27-14/h3-10,16H,1-2H3/b15-10-. The van der Waals surface area contributed by atoms with E-state index in [0.29, 0.717) is 5.57 Å². The van der Waals surface area contributed by atoms with Crippen LogP contribution in [0.1, 0.15) is 28.8 Å². The van der Waals surface area contributed by atoms with Gasteiger partial charge in [-0.05, 0) is 41.6 Å². The van der Waals surface area contributed by atoms with Crippen molar-refractivity contribution in [2.75, 3.05) is 7.11 Å². The number of ether oxygens (including phenoxy) is 1. The lowest BCUT2D eigenvalue weighted by molar-refractivity contribution is -0.138. The predicted molar refractivity (Wildman–Crippen MR) is 96.2 cm³/mol. The molecule has 1 aromatic carbocycles. The second kappa shape index (κ2) is 7.15. The second-order valence-electron chi connectivity index (χ2n) is 6.04. The molecule has 0 spiro atoms. The first-order valence-electron chi connectivity index (χ1n) is 8.00. The topological polar surface area (TPSA) is 43.4 Å². The van der Waals surface area contributed by atoms with Crippen LogP contribution in [0.5, 0.6) is 0 Å². The first-order valence-corrected chi connectivity index (χ1v) is 8.88. The molecule has 0 saturated heterocycles. The minimum absolute atomic E-state index is 0.110. The number of alkyl halides is 3. The van der Waals surface area contributed by atoms with Gasteiger partial charge in [-0.3, -0.25) is 4.79 Å². The molecule has 1 aliphatic carbocycles. The Hall–Kier alpha value is -2.67. The van der Waals surface area contributed by atoms with E-state index in [-0.39, 0.29) is 16.7 Å². The average Bonchev–Trinajstić information content (AvgIpc) is 3.21. The van der Waals surface area contributed by atoms with E-state index >= 15 is 0 Å². The number of carbonyl (C=O) groups is 2. The molecule has 1 unspecified atom stereocenters. The van der Waals surface area contributed by atoms with E-state index in [1.807, 2.05) is 5.38 Å². The predicted octanol–water partition coefficient (Wildman–Crippen LogP) is 5.01. The highest BCUT2D eigenvalue weighted by Gasteiger charge is 2.40. The van der Waals surface area contributed by atoms with Crippen LogP contribution in [0.3, 0.4) is 0 Å². The largest absolute Gasteiger partial charge is 0.465 e. The summed E-state index contributed by atoms with van der Waals surface area (Å²) >= 11 is 1.39. The molecule has 0 saturated carbocycles. The van der Waals surface area contributed by atoms with Gasteiger partial charge in [0.05, 0.1) is 24.2 Å². The number of allylic oxidation sites excluding steroid dienone is 1. The average molecular weight is 392 g/mol. The normalized spacial score (nSPS) is 19.1. The summed E-state index contributed by atoms with van der Waals surface area (Å²) < 4.78 is 44.0. The van der Waals surface area contributed by atoms with Crippen molar-refractivity contribution in [3.8, 4) is 0 Å². The van der Waals surface area contributed by atoms with Crippen LogP contribution in [0, 0.1) is 0 Å². The molecule has 0 fully saturated rings. The SMILES string of the molecule is COC(=O)C1=C(C)C(c2cccc(C(F)(F)F)c2)C(=O)/C1=C\c1cccs1. The number of methoxy groups -OCH3 is 1. The van der Waals surface area contributed by atoms with Gasteiger partial charge in [0, 0.05) is 10.5 Å². The van der Waals surface area contributed by atoms with Crippen molar-refractivity contribution in [1.29, 1.82) is 0 Å². The summed E-state index contributed by atoms with van der Waals surface area (Å²) in [6.07, 6.45) is -2.94. The van der Waals surface area contributed by atoms with Crippen LogP contribution in [0.2, 0.25) is 0 Å². The van der Waals surface area contributed by atoms with Gasteiger partial charge in [0.1, 0.15) is 0 Å². The molecule has 3 nitrogen and oxygen atoms in total. The van der Waals surface area contributed by atoms with Crippen molar-refractivity contribution in [2.24, 2.45) is 0 Å². The van der Waals surface area contributed by atoms with Crippen molar-refractivity contribution in [2.45, 2.75) is 19.0 Å². The summed E-state index contributed by atoms with van der Waals surface area (Å²) in [5, 5.41) is 1.82. The molecule has 7 heteroatoms. The molecule has 0 bridgehead atoms. The van der Waals surface area contributed by atoms with E-state index in [9.17, 15) is 22.8 Å². The minimum Gasteiger partial charge on any atom is -0.465 e. The van der Waals surface area contributed by atoms with Crippen LogP contribution in [-0.2, 0) is 20.5 Å². The summed E-state index contributed by atoms with van der Waals surface area (Å²) in [6, 6.07) is 8.21. The highest BCUT2D eigenvalue weighted by atomic mass is 32.1. The Morgan fingerprint density at radius 1 is 1.22 bits per heavy atom. The Morgan fingerprint density at radius 2 is 1.96 bits per heavy atom. The van der Waals surface area contributed by atoms with Crippen molar-refractivity contribution in [3.63, 3.8) is 0 Å². The van der Waals surface area contributed by atoms with Gasteiger partial charge in [-0.15, -0.1) is 11.3 Å². The van der Waals surface area contributed by atoms with Gasteiger partial charge in [0.25, 0.3) is 0 Å². The zero-order valence-corrected chi connectivity index (χ0v) is 15.3. The highest BCUT2D eigenvalue weighted by molar-refractivity contribution is 7.10. The smallest absolute Gasteiger partial charge is 0.416 e. The van der Waals surface area contributed by atoms with E-state index in [4.69, 9.17) is 4.74 Å². The molecular weight excluding hydrogens is 377 g/mol. The van der Waals surface area contributed by atoms with Crippen LogP contribution in [0.4, 0.5) is 13.2 Å². The van der Waals surface area contributed by atoms with E-state index in [1.54, 1.807) is 25.1 Å². The third-order valence-electron chi connectivity index (χ3n) is 4.39. The maximum absolute atomic E-state index is 13.1. The van der Waals surface area contributed by atoms with Gasteiger partial charge in [0.15, 0.2) is 5.78 Å². The lowest BCUT2D eigenvalue weighted by Crippen LogP contribution is -2.12. The lowest BCUT2D eigenvalue weighted by Gasteiger charge is -2.14. The zero-order chi connectivity index (χ0) is 19.8. The Labute approximate surface area is 157 Å². The van der Waals surface area contributed by atoms with Crippen LogP contribution in [0.25, 0.3) is 6.08 Å². The molecule has 0 N–H and O–H groups in total. The third kappa shape index (κ3) is 3.60. The van der Waals surface area contributed by atoms with E-state index in [1.165, 1.54) is 30.6 Å². The first kappa shape index (κ1) is 19.1. The maximum atomic E-state index is 13.1. The maximum Gasteiger partial charge on any atom is 0.416 e. The van der Waals surface area contributed by atoms with Crippen LogP contribution < -0.4 is 0 Å². The fourth-order valence-electron chi connectivity index (χ4n) is 3.16. The number of Topliss-reactive ketones (excluding diaryl/α,β-unsaturated/α-hetero) is 1.